The van der Waals surface area contributed by atoms with Gasteiger partial charge in [-0.15, -0.1) is 0 Å². The number of carbonyl (C=O) groups excluding carboxylic acids is 2. The van der Waals surface area contributed by atoms with Crippen molar-refractivity contribution in [3.8, 4) is 5.75 Å². The van der Waals surface area contributed by atoms with E-state index in [1.807, 2.05) is 48.7 Å². The maximum absolute atomic E-state index is 12.8. The van der Waals surface area contributed by atoms with Crippen molar-refractivity contribution in [2.45, 2.75) is 6.42 Å². The first kappa shape index (κ1) is 21.1. The zero-order chi connectivity index (χ0) is 21.8. The van der Waals surface area contributed by atoms with E-state index in [0.717, 1.165) is 22.0 Å². The number of para-hydroxylation sites is 2. The van der Waals surface area contributed by atoms with E-state index in [1.165, 1.54) is 16.7 Å². The Morgan fingerprint density at radius 1 is 1.23 bits per heavy atom. The molecule has 1 aromatic heterocycles. The molecule has 1 aliphatic rings. The van der Waals surface area contributed by atoms with Crippen molar-refractivity contribution in [2.24, 2.45) is 0 Å². The van der Waals surface area contributed by atoms with Crippen molar-refractivity contribution in [3.63, 3.8) is 0 Å². The number of H-pyrrole nitrogens is 1. The number of amides is 2. The summed E-state index contributed by atoms with van der Waals surface area (Å²) in [5.41, 5.74) is 3.00. The average molecular weight is 452 g/mol. The maximum atomic E-state index is 12.8. The number of carbonyl (C=O) groups is 2. The second kappa shape index (κ2) is 9.36. The number of rotatable bonds is 7. The first-order chi connectivity index (χ1) is 15.1. The fourth-order valence-electron chi connectivity index (χ4n) is 3.44. The van der Waals surface area contributed by atoms with Gasteiger partial charge in [-0.1, -0.05) is 60.4 Å². The monoisotopic (exact) mass is 451 g/mol. The molecule has 8 heteroatoms. The molecule has 158 valence electrons. The number of thiocarbonyl (C=S) groups is 1. The van der Waals surface area contributed by atoms with Gasteiger partial charge in [0.25, 0.3) is 5.91 Å². The first-order valence-corrected chi connectivity index (χ1v) is 11.0. The van der Waals surface area contributed by atoms with Crippen molar-refractivity contribution in [1.82, 2.24) is 15.2 Å². The smallest absolute Gasteiger partial charge is 0.266 e. The lowest BCUT2D eigenvalue weighted by Gasteiger charge is -2.14. The van der Waals surface area contributed by atoms with Gasteiger partial charge in [-0.3, -0.25) is 14.5 Å². The largest absolute Gasteiger partial charge is 0.496 e. The summed E-state index contributed by atoms with van der Waals surface area (Å²) in [6, 6.07) is 15.5. The minimum atomic E-state index is -0.271. The van der Waals surface area contributed by atoms with Gasteiger partial charge in [-0.2, -0.15) is 0 Å². The van der Waals surface area contributed by atoms with E-state index >= 15 is 0 Å². The molecule has 0 aliphatic carbocycles. The normalized spacial score (nSPS) is 15.1. The van der Waals surface area contributed by atoms with Crippen LogP contribution in [0.5, 0.6) is 5.75 Å². The van der Waals surface area contributed by atoms with Crippen molar-refractivity contribution >= 4 is 57.1 Å². The van der Waals surface area contributed by atoms with Gasteiger partial charge in [0.05, 0.1) is 12.0 Å². The molecule has 2 aromatic carbocycles. The number of aromatic nitrogens is 1. The highest BCUT2D eigenvalue weighted by atomic mass is 32.2. The summed E-state index contributed by atoms with van der Waals surface area (Å²) in [4.78, 5) is 30.3. The number of nitrogens with zero attached hydrogens (tertiary/aromatic N) is 1. The molecule has 0 atom stereocenters. The van der Waals surface area contributed by atoms with E-state index in [9.17, 15) is 9.59 Å². The second-order valence-electron chi connectivity index (χ2n) is 6.97. The van der Waals surface area contributed by atoms with Crippen molar-refractivity contribution in [1.29, 1.82) is 0 Å². The molecule has 0 spiro atoms. The summed E-state index contributed by atoms with van der Waals surface area (Å²) in [5.74, 6) is 0.158. The third kappa shape index (κ3) is 4.65. The van der Waals surface area contributed by atoms with Gasteiger partial charge < -0.3 is 15.0 Å². The molecule has 2 amide bonds. The number of ether oxygens (including phenoxy) is 1. The summed E-state index contributed by atoms with van der Waals surface area (Å²) in [5, 5.41) is 4.03. The van der Waals surface area contributed by atoms with E-state index in [2.05, 4.69) is 16.4 Å². The van der Waals surface area contributed by atoms with Crippen LogP contribution in [0, 0.1) is 0 Å². The zero-order valence-corrected chi connectivity index (χ0v) is 18.5. The maximum Gasteiger partial charge on any atom is 0.266 e. The highest BCUT2D eigenvalue weighted by Gasteiger charge is 2.33. The lowest BCUT2D eigenvalue weighted by Crippen LogP contribution is -2.40. The van der Waals surface area contributed by atoms with Crippen LogP contribution in [0.1, 0.15) is 11.1 Å². The Morgan fingerprint density at radius 2 is 2.00 bits per heavy atom. The Hall–Kier alpha value is -3.10. The molecule has 0 saturated carbocycles. The van der Waals surface area contributed by atoms with Crippen LogP contribution in [0.25, 0.3) is 17.0 Å². The molecule has 0 unspecified atom stereocenters. The number of hydrogen-bond acceptors (Lipinski definition) is 5. The summed E-state index contributed by atoms with van der Waals surface area (Å²) in [6.07, 6.45) is 4.40. The van der Waals surface area contributed by atoms with Gasteiger partial charge in [-0.25, -0.2) is 0 Å². The van der Waals surface area contributed by atoms with Gasteiger partial charge in [0.15, 0.2) is 0 Å². The number of nitrogens with one attached hydrogen (secondary N) is 2. The number of benzene rings is 2. The molecule has 3 aromatic rings. The number of aromatic amines is 1. The molecule has 4 rings (SSSR count). The second-order valence-corrected chi connectivity index (χ2v) is 8.65. The van der Waals surface area contributed by atoms with Crippen molar-refractivity contribution in [2.75, 3.05) is 20.2 Å². The summed E-state index contributed by atoms with van der Waals surface area (Å²) in [7, 11) is 1.58. The van der Waals surface area contributed by atoms with Crippen LogP contribution in [-0.4, -0.2) is 46.2 Å². The Kier molecular flexibility index (Phi) is 6.39. The molecule has 2 heterocycles. The minimum Gasteiger partial charge on any atom is -0.496 e. The summed E-state index contributed by atoms with van der Waals surface area (Å²) < 4.78 is 5.71. The Balaban J connectivity index is 1.35. The molecular weight excluding hydrogens is 430 g/mol. The van der Waals surface area contributed by atoms with Gasteiger partial charge in [0.2, 0.25) is 5.91 Å². The molecule has 2 N–H and O–H groups in total. The predicted molar refractivity (Wildman–Crippen MR) is 128 cm³/mol. The van der Waals surface area contributed by atoms with Crippen LogP contribution in [-0.2, 0) is 16.0 Å². The topological polar surface area (TPSA) is 74.4 Å². The SMILES string of the molecule is COc1ccccc1/C=C1\SC(=S)N(CC(=O)NCCc2c[nH]c3ccccc23)C1=O. The zero-order valence-electron chi connectivity index (χ0n) is 16.9. The Bertz CT molecular complexity index is 1190. The van der Waals surface area contributed by atoms with Crippen LogP contribution in [0.3, 0.4) is 0 Å². The molecule has 1 fully saturated rings. The van der Waals surface area contributed by atoms with Crippen molar-refractivity contribution < 1.29 is 14.3 Å². The van der Waals surface area contributed by atoms with Gasteiger partial charge in [0, 0.05) is 29.2 Å². The van der Waals surface area contributed by atoms with Crippen LogP contribution >= 0.6 is 24.0 Å². The van der Waals surface area contributed by atoms with Gasteiger partial charge in [0.1, 0.15) is 16.6 Å². The number of methoxy groups -OCH3 is 1. The lowest BCUT2D eigenvalue weighted by atomic mass is 10.1. The van der Waals surface area contributed by atoms with E-state index in [4.69, 9.17) is 17.0 Å². The first-order valence-electron chi connectivity index (χ1n) is 9.77. The summed E-state index contributed by atoms with van der Waals surface area (Å²) >= 11 is 6.52. The van der Waals surface area contributed by atoms with Crippen molar-refractivity contribution in [3.05, 3.63) is 70.8 Å². The quantitative estimate of drug-likeness (QED) is 0.423. The molecule has 1 saturated heterocycles. The fourth-order valence-corrected chi connectivity index (χ4v) is 4.68. The van der Waals surface area contributed by atoms with E-state index in [-0.39, 0.29) is 18.4 Å². The van der Waals surface area contributed by atoms with Crippen LogP contribution < -0.4 is 10.1 Å². The molecular formula is C23H21N3O3S2. The minimum absolute atomic E-state index is 0.0954. The average Bonchev–Trinajstić information content (AvgIpc) is 3.30. The van der Waals surface area contributed by atoms with E-state index in [0.29, 0.717) is 27.9 Å². The highest BCUT2D eigenvalue weighted by Crippen LogP contribution is 2.34. The number of thioether (sulfide) groups is 1. The predicted octanol–water partition coefficient (Wildman–Crippen LogP) is 3.74. The highest BCUT2D eigenvalue weighted by molar-refractivity contribution is 8.26. The molecule has 6 nitrogen and oxygen atoms in total. The fraction of sp³-hybridized carbons (Fsp3) is 0.174. The number of fused-ring (bicyclic) bond motifs is 1. The van der Waals surface area contributed by atoms with Crippen LogP contribution in [0.4, 0.5) is 0 Å². The standard InChI is InChI=1S/C23H21N3O3S2/c1-29-19-9-5-2-6-15(19)12-20-22(28)26(23(30)31-20)14-21(27)24-11-10-16-13-25-18-8-4-3-7-17(16)18/h2-9,12-13,25H,10-11,14H2,1H3,(H,24,27)/b20-12-. The molecule has 31 heavy (non-hydrogen) atoms. The summed E-state index contributed by atoms with van der Waals surface area (Å²) in [6.45, 7) is 0.383. The Labute approximate surface area is 189 Å². The van der Waals surface area contributed by atoms with Gasteiger partial charge in [-0.05, 0) is 30.2 Å². The molecule has 1 aliphatic heterocycles. The van der Waals surface area contributed by atoms with Crippen LogP contribution in [0.15, 0.2) is 59.6 Å². The number of hydrogen-bond donors (Lipinski definition) is 2. The van der Waals surface area contributed by atoms with E-state index < -0.39 is 0 Å². The third-order valence-corrected chi connectivity index (χ3v) is 6.37. The molecule has 0 bridgehead atoms. The third-order valence-electron chi connectivity index (χ3n) is 4.99. The Morgan fingerprint density at radius 3 is 2.84 bits per heavy atom. The lowest BCUT2D eigenvalue weighted by molar-refractivity contribution is -0.128. The molecule has 0 radical (unpaired) electrons. The van der Waals surface area contributed by atoms with Gasteiger partial charge >= 0.3 is 0 Å². The van der Waals surface area contributed by atoms with E-state index in [1.54, 1.807) is 13.2 Å². The van der Waals surface area contributed by atoms with Crippen LogP contribution in [0.2, 0.25) is 0 Å².